The maximum atomic E-state index is 13.1. The Kier molecular flexibility index (Phi) is 5.87. The third-order valence-corrected chi connectivity index (χ3v) is 5.71. The van der Waals surface area contributed by atoms with Crippen LogP contribution < -0.4 is 0 Å². The van der Waals surface area contributed by atoms with Gasteiger partial charge in [-0.15, -0.1) is 10.2 Å². The van der Waals surface area contributed by atoms with Gasteiger partial charge in [-0.3, -0.25) is 9.36 Å². The van der Waals surface area contributed by atoms with E-state index in [0.717, 1.165) is 15.7 Å². The zero-order chi connectivity index (χ0) is 20.2. The lowest BCUT2D eigenvalue weighted by Crippen LogP contribution is -2.05. The molecule has 0 unspecified atom stereocenters. The maximum Gasteiger partial charge on any atom is 0.196 e. The van der Waals surface area contributed by atoms with Gasteiger partial charge >= 0.3 is 0 Å². The normalized spacial score (nSPS) is 10.8. The van der Waals surface area contributed by atoms with Crippen molar-refractivity contribution in [2.24, 2.45) is 0 Å². The number of hydrogen-bond donors (Lipinski definition) is 0. The Bertz CT molecular complexity index is 1130. The highest BCUT2D eigenvalue weighted by Crippen LogP contribution is 2.29. The zero-order valence-electron chi connectivity index (χ0n) is 15.1. The van der Waals surface area contributed by atoms with Crippen LogP contribution in [-0.4, -0.2) is 26.3 Å². The molecule has 0 atom stereocenters. The van der Waals surface area contributed by atoms with Crippen LogP contribution in [0.15, 0.2) is 88.5 Å². The van der Waals surface area contributed by atoms with Gasteiger partial charge in [0.05, 0.1) is 5.75 Å². The van der Waals surface area contributed by atoms with Crippen molar-refractivity contribution >= 4 is 33.5 Å². The number of carbonyl (C=O) groups excluding carboxylic acids is 1. The van der Waals surface area contributed by atoms with Crippen molar-refractivity contribution in [3.05, 3.63) is 94.7 Å². The molecule has 3 aromatic carbocycles. The number of hydrogen-bond acceptors (Lipinski definition) is 4. The zero-order valence-corrected chi connectivity index (χ0v) is 17.5. The van der Waals surface area contributed by atoms with Gasteiger partial charge in [0.25, 0.3) is 0 Å². The van der Waals surface area contributed by atoms with Crippen molar-refractivity contribution in [1.29, 1.82) is 0 Å². The Labute approximate surface area is 179 Å². The molecule has 1 aromatic heterocycles. The molecule has 29 heavy (non-hydrogen) atoms. The van der Waals surface area contributed by atoms with E-state index in [1.54, 1.807) is 0 Å². The molecule has 0 saturated heterocycles. The van der Waals surface area contributed by atoms with Gasteiger partial charge in [0.15, 0.2) is 16.8 Å². The monoisotopic (exact) mass is 467 g/mol. The lowest BCUT2D eigenvalue weighted by molar-refractivity contribution is 0.102. The standard InChI is InChI=1S/C22H15BrFN3OS/c23-17-10-6-16(7-11-17)21-25-26-22(27(21)19-4-2-1-3-5-19)29-14-20(28)15-8-12-18(24)13-9-15/h1-13H,14H2. The first-order chi connectivity index (χ1) is 14.1. The van der Waals surface area contributed by atoms with Gasteiger partial charge in [-0.1, -0.05) is 58.0 Å². The Morgan fingerprint density at radius 1 is 0.931 bits per heavy atom. The first-order valence-electron chi connectivity index (χ1n) is 8.80. The van der Waals surface area contributed by atoms with Crippen LogP contribution in [0.25, 0.3) is 17.1 Å². The molecule has 0 aliphatic heterocycles. The lowest BCUT2D eigenvalue weighted by Gasteiger charge is -2.10. The summed E-state index contributed by atoms with van der Waals surface area (Å²) in [5.74, 6) is 0.414. The molecule has 1 heterocycles. The molecule has 0 aliphatic rings. The van der Waals surface area contributed by atoms with Crippen molar-refractivity contribution in [1.82, 2.24) is 14.8 Å². The van der Waals surface area contributed by atoms with Gasteiger partial charge in [0, 0.05) is 21.3 Å². The molecule has 0 fully saturated rings. The topological polar surface area (TPSA) is 47.8 Å². The highest BCUT2D eigenvalue weighted by Gasteiger charge is 2.17. The molecule has 7 heteroatoms. The summed E-state index contributed by atoms with van der Waals surface area (Å²) in [4.78, 5) is 12.5. The van der Waals surface area contributed by atoms with Crippen molar-refractivity contribution < 1.29 is 9.18 Å². The molecule has 0 saturated carbocycles. The summed E-state index contributed by atoms with van der Waals surface area (Å²) in [6, 6.07) is 23.2. The minimum absolute atomic E-state index is 0.0946. The average molecular weight is 468 g/mol. The summed E-state index contributed by atoms with van der Waals surface area (Å²) in [7, 11) is 0. The second-order valence-electron chi connectivity index (χ2n) is 6.20. The molecule has 0 amide bonds. The van der Waals surface area contributed by atoms with E-state index in [4.69, 9.17) is 0 Å². The molecule has 0 spiro atoms. The molecule has 0 N–H and O–H groups in total. The smallest absolute Gasteiger partial charge is 0.196 e. The molecule has 144 valence electrons. The average Bonchev–Trinajstić information content (AvgIpc) is 3.17. The predicted molar refractivity (Wildman–Crippen MR) is 116 cm³/mol. The van der Waals surface area contributed by atoms with Crippen LogP contribution >= 0.6 is 27.7 Å². The Morgan fingerprint density at radius 2 is 1.62 bits per heavy atom. The van der Waals surface area contributed by atoms with E-state index in [1.165, 1.54) is 36.0 Å². The summed E-state index contributed by atoms with van der Waals surface area (Å²) >= 11 is 4.75. The molecule has 0 radical (unpaired) electrons. The fourth-order valence-electron chi connectivity index (χ4n) is 2.81. The van der Waals surface area contributed by atoms with Gasteiger partial charge in [0.1, 0.15) is 5.82 Å². The van der Waals surface area contributed by atoms with Crippen LogP contribution in [0.3, 0.4) is 0 Å². The summed E-state index contributed by atoms with van der Waals surface area (Å²) in [6.07, 6.45) is 0. The van der Waals surface area contributed by atoms with Crippen LogP contribution in [0.1, 0.15) is 10.4 Å². The van der Waals surface area contributed by atoms with Gasteiger partial charge in [-0.2, -0.15) is 0 Å². The molecule has 0 bridgehead atoms. The van der Waals surface area contributed by atoms with Crippen LogP contribution in [0.5, 0.6) is 0 Å². The summed E-state index contributed by atoms with van der Waals surface area (Å²) in [6.45, 7) is 0. The Balaban J connectivity index is 1.65. The highest BCUT2D eigenvalue weighted by atomic mass is 79.9. The number of rotatable bonds is 6. The Morgan fingerprint density at radius 3 is 2.31 bits per heavy atom. The quantitative estimate of drug-likeness (QED) is 0.265. The van der Waals surface area contributed by atoms with Gasteiger partial charge in [-0.05, 0) is 48.5 Å². The van der Waals surface area contributed by atoms with E-state index in [2.05, 4.69) is 26.1 Å². The fourth-order valence-corrected chi connectivity index (χ4v) is 3.92. The first-order valence-corrected chi connectivity index (χ1v) is 10.6. The maximum absolute atomic E-state index is 13.1. The van der Waals surface area contributed by atoms with Crippen molar-refractivity contribution in [3.63, 3.8) is 0 Å². The van der Waals surface area contributed by atoms with Crippen LogP contribution in [0.2, 0.25) is 0 Å². The number of carbonyl (C=O) groups is 1. The Hall–Kier alpha value is -2.77. The van der Waals surface area contributed by atoms with E-state index < -0.39 is 0 Å². The molecular formula is C22H15BrFN3OS. The van der Waals surface area contributed by atoms with Crippen LogP contribution in [0, 0.1) is 5.82 Å². The number of para-hydroxylation sites is 1. The van der Waals surface area contributed by atoms with Crippen molar-refractivity contribution in [2.45, 2.75) is 5.16 Å². The van der Waals surface area contributed by atoms with E-state index >= 15 is 0 Å². The minimum Gasteiger partial charge on any atom is -0.293 e. The number of halogens is 2. The van der Waals surface area contributed by atoms with E-state index in [0.29, 0.717) is 16.5 Å². The van der Waals surface area contributed by atoms with Crippen molar-refractivity contribution in [3.8, 4) is 17.1 Å². The van der Waals surface area contributed by atoms with Gasteiger partial charge < -0.3 is 0 Å². The number of Topliss-reactive ketones (excluding diaryl/α,β-unsaturated/α-hetero) is 1. The second-order valence-corrected chi connectivity index (χ2v) is 8.06. The fraction of sp³-hybridized carbons (Fsp3) is 0.0455. The van der Waals surface area contributed by atoms with Gasteiger partial charge in [0.2, 0.25) is 0 Å². The van der Waals surface area contributed by atoms with Gasteiger partial charge in [-0.25, -0.2) is 4.39 Å². The van der Waals surface area contributed by atoms with Crippen LogP contribution in [0.4, 0.5) is 4.39 Å². The van der Waals surface area contributed by atoms with E-state index in [1.807, 2.05) is 59.2 Å². The van der Waals surface area contributed by atoms with E-state index in [-0.39, 0.29) is 17.4 Å². The summed E-state index contributed by atoms with van der Waals surface area (Å²) < 4.78 is 16.0. The number of aromatic nitrogens is 3. The highest BCUT2D eigenvalue weighted by molar-refractivity contribution is 9.10. The number of benzene rings is 3. The third-order valence-electron chi connectivity index (χ3n) is 4.25. The molecular weight excluding hydrogens is 453 g/mol. The summed E-state index contributed by atoms with van der Waals surface area (Å²) in [5.41, 5.74) is 2.30. The SMILES string of the molecule is O=C(CSc1nnc(-c2ccc(Br)cc2)n1-c1ccccc1)c1ccc(F)cc1. The predicted octanol–water partition coefficient (Wildman–Crippen LogP) is 5.81. The second kappa shape index (κ2) is 8.71. The number of thioether (sulfide) groups is 1. The van der Waals surface area contributed by atoms with E-state index in [9.17, 15) is 9.18 Å². The third kappa shape index (κ3) is 4.46. The first kappa shape index (κ1) is 19.5. The van der Waals surface area contributed by atoms with Crippen LogP contribution in [-0.2, 0) is 0 Å². The van der Waals surface area contributed by atoms with Crippen molar-refractivity contribution in [2.75, 3.05) is 5.75 Å². The molecule has 4 nitrogen and oxygen atoms in total. The lowest BCUT2D eigenvalue weighted by atomic mass is 10.1. The molecule has 4 rings (SSSR count). The minimum atomic E-state index is -0.364. The largest absolute Gasteiger partial charge is 0.293 e. The summed E-state index contributed by atoms with van der Waals surface area (Å²) in [5, 5.41) is 9.31. The molecule has 0 aliphatic carbocycles. The number of ketones is 1. The molecule has 4 aromatic rings. The number of nitrogens with zero attached hydrogens (tertiary/aromatic N) is 3.